The van der Waals surface area contributed by atoms with Gasteiger partial charge in [0.1, 0.15) is 11.6 Å². The van der Waals surface area contributed by atoms with Gasteiger partial charge in [-0.05, 0) is 30.5 Å². The van der Waals surface area contributed by atoms with Gasteiger partial charge in [0, 0.05) is 13.1 Å². The van der Waals surface area contributed by atoms with Gasteiger partial charge in [-0.2, -0.15) is 0 Å². The number of carbonyl (C=O) groups is 1. The van der Waals surface area contributed by atoms with Crippen LogP contribution in [0.2, 0.25) is 0 Å². The SMILES string of the molecule is CCOc1cccc(CN(CC(C)C)C(=O)CCl)c1. The van der Waals surface area contributed by atoms with Gasteiger partial charge in [-0.3, -0.25) is 4.79 Å². The predicted octanol–water partition coefficient (Wildman–Crippen LogP) is 3.31. The van der Waals surface area contributed by atoms with Crippen LogP contribution in [-0.2, 0) is 11.3 Å². The highest BCUT2D eigenvalue weighted by molar-refractivity contribution is 6.27. The van der Waals surface area contributed by atoms with Crippen LogP contribution in [0.4, 0.5) is 0 Å². The van der Waals surface area contributed by atoms with Crippen molar-refractivity contribution in [3.8, 4) is 5.75 Å². The summed E-state index contributed by atoms with van der Waals surface area (Å²) in [6.07, 6.45) is 0. The molecule has 3 nitrogen and oxygen atoms in total. The molecule has 0 aromatic heterocycles. The first kappa shape index (κ1) is 15.8. The van der Waals surface area contributed by atoms with Gasteiger partial charge >= 0.3 is 0 Å². The number of hydrogen-bond donors (Lipinski definition) is 0. The van der Waals surface area contributed by atoms with Crippen LogP contribution in [0.5, 0.6) is 5.75 Å². The van der Waals surface area contributed by atoms with E-state index in [1.165, 1.54) is 0 Å². The first-order chi connectivity index (χ1) is 9.06. The third kappa shape index (κ3) is 5.52. The van der Waals surface area contributed by atoms with E-state index in [9.17, 15) is 4.79 Å². The molecule has 0 aliphatic carbocycles. The number of hydrogen-bond acceptors (Lipinski definition) is 2. The summed E-state index contributed by atoms with van der Waals surface area (Å²) in [5.41, 5.74) is 1.06. The number of ether oxygens (including phenoxy) is 1. The Balaban J connectivity index is 2.77. The smallest absolute Gasteiger partial charge is 0.237 e. The quantitative estimate of drug-likeness (QED) is 0.719. The molecule has 0 aliphatic heterocycles. The maximum Gasteiger partial charge on any atom is 0.237 e. The zero-order valence-corrected chi connectivity index (χ0v) is 12.6. The largest absolute Gasteiger partial charge is 0.494 e. The molecule has 0 bridgehead atoms. The average molecular weight is 284 g/mol. The van der Waals surface area contributed by atoms with Crippen LogP contribution in [0.3, 0.4) is 0 Å². The zero-order chi connectivity index (χ0) is 14.3. The summed E-state index contributed by atoms with van der Waals surface area (Å²) in [6, 6.07) is 7.83. The Bertz CT molecular complexity index is 407. The third-order valence-electron chi connectivity index (χ3n) is 2.64. The van der Waals surface area contributed by atoms with Crippen LogP contribution in [0.25, 0.3) is 0 Å². The number of nitrogens with zero attached hydrogens (tertiary/aromatic N) is 1. The van der Waals surface area contributed by atoms with Gasteiger partial charge in [-0.1, -0.05) is 26.0 Å². The second-order valence-electron chi connectivity index (χ2n) is 4.88. The van der Waals surface area contributed by atoms with E-state index >= 15 is 0 Å². The predicted molar refractivity (Wildman–Crippen MR) is 78.6 cm³/mol. The Labute approximate surface area is 120 Å². The molecule has 1 aromatic rings. The van der Waals surface area contributed by atoms with E-state index in [4.69, 9.17) is 16.3 Å². The number of halogens is 1. The summed E-state index contributed by atoms with van der Waals surface area (Å²) < 4.78 is 5.47. The molecule has 0 saturated heterocycles. The van der Waals surface area contributed by atoms with Crippen molar-refractivity contribution in [3.05, 3.63) is 29.8 Å². The summed E-state index contributed by atoms with van der Waals surface area (Å²) in [5.74, 6) is 1.25. The maximum absolute atomic E-state index is 11.8. The highest BCUT2D eigenvalue weighted by Crippen LogP contribution is 2.16. The minimum absolute atomic E-state index is 0.0257. The molecule has 0 N–H and O–H groups in total. The van der Waals surface area contributed by atoms with Crippen LogP contribution in [0.15, 0.2) is 24.3 Å². The molecule has 0 saturated carbocycles. The standard InChI is InChI=1S/C15H22ClNO2/c1-4-19-14-7-5-6-13(8-14)11-17(10-12(2)3)15(18)9-16/h5-8,12H,4,9-11H2,1-3H3. The molecule has 0 atom stereocenters. The minimum atomic E-state index is -0.0304. The van der Waals surface area contributed by atoms with Crippen molar-refractivity contribution < 1.29 is 9.53 Å². The molecule has 1 amide bonds. The lowest BCUT2D eigenvalue weighted by atomic mass is 10.1. The van der Waals surface area contributed by atoms with Crippen molar-refractivity contribution in [2.45, 2.75) is 27.3 Å². The highest BCUT2D eigenvalue weighted by Gasteiger charge is 2.14. The van der Waals surface area contributed by atoms with E-state index in [-0.39, 0.29) is 11.8 Å². The molecule has 1 rings (SSSR count). The Kier molecular flexibility index (Phi) is 6.71. The fourth-order valence-electron chi connectivity index (χ4n) is 1.90. The summed E-state index contributed by atoms with van der Waals surface area (Å²) >= 11 is 5.66. The fourth-order valence-corrected chi connectivity index (χ4v) is 2.07. The second-order valence-corrected chi connectivity index (χ2v) is 5.15. The Hall–Kier alpha value is -1.22. The fraction of sp³-hybridized carbons (Fsp3) is 0.533. The van der Waals surface area contributed by atoms with Gasteiger partial charge in [0.2, 0.25) is 5.91 Å². The van der Waals surface area contributed by atoms with Crippen molar-refractivity contribution in [2.75, 3.05) is 19.0 Å². The normalized spacial score (nSPS) is 10.6. The highest BCUT2D eigenvalue weighted by atomic mass is 35.5. The first-order valence-corrected chi connectivity index (χ1v) is 7.15. The molecule has 0 fully saturated rings. The lowest BCUT2D eigenvalue weighted by Crippen LogP contribution is -2.34. The maximum atomic E-state index is 11.8. The van der Waals surface area contributed by atoms with E-state index in [0.717, 1.165) is 11.3 Å². The second kappa shape index (κ2) is 8.05. The van der Waals surface area contributed by atoms with E-state index in [0.29, 0.717) is 25.6 Å². The molecule has 0 spiro atoms. The van der Waals surface area contributed by atoms with Gasteiger partial charge < -0.3 is 9.64 Å². The van der Waals surface area contributed by atoms with Crippen molar-refractivity contribution in [1.82, 2.24) is 4.90 Å². The average Bonchev–Trinajstić information content (AvgIpc) is 2.37. The monoisotopic (exact) mass is 283 g/mol. The molecule has 0 radical (unpaired) electrons. The molecule has 0 unspecified atom stereocenters. The van der Waals surface area contributed by atoms with E-state index < -0.39 is 0 Å². The Morgan fingerprint density at radius 3 is 2.74 bits per heavy atom. The number of amides is 1. The van der Waals surface area contributed by atoms with Crippen molar-refractivity contribution in [2.24, 2.45) is 5.92 Å². The Morgan fingerprint density at radius 2 is 2.16 bits per heavy atom. The summed E-state index contributed by atoms with van der Waals surface area (Å²) in [4.78, 5) is 13.6. The molecular formula is C15H22ClNO2. The van der Waals surface area contributed by atoms with Gasteiger partial charge in [-0.15, -0.1) is 11.6 Å². The molecule has 0 aliphatic rings. The van der Waals surface area contributed by atoms with Gasteiger partial charge in [0.05, 0.1) is 6.61 Å². The van der Waals surface area contributed by atoms with Crippen molar-refractivity contribution >= 4 is 17.5 Å². The molecular weight excluding hydrogens is 262 g/mol. The van der Waals surface area contributed by atoms with Gasteiger partial charge in [0.15, 0.2) is 0 Å². The number of rotatable bonds is 7. The molecule has 4 heteroatoms. The van der Waals surface area contributed by atoms with Crippen molar-refractivity contribution in [1.29, 1.82) is 0 Å². The van der Waals surface area contributed by atoms with Gasteiger partial charge in [-0.25, -0.2) is 0 Å². The van der Waals surface area contributed by atoms with Crippen LogP contribution >= 0.6 is 11.6 Å². The third-order valence-corrected chi connectivity index (χ3v) is 2.86. The summed E-state index contributed by atoms with van der Waals surface area (Å²) in [6.45, 7) is 8.06. The van der Waals surface area contributed by atoms with Crippen LogP contribution in [-0.4, -0.2) is 29.8 Å². The van der Waals surface area contributed by atoms with Crippen LogP contribution in [0, 0.1) is 5.92 Å². The Morgan fingerprint density at radius 1 is 1.42 bits per heavy atom. The molecule has 19 heavy (non-hydrogen) atoms. The van der Waals surface area contributed by atoms with Crippen LogP contribution in [0.1, 0.15) is 26.3 Å². The summed E-state index contributed by atoms with van der Waals surface area (Å²) in [5, 5.41) is 0. The minimum Gasteiger partial charge on any atom is -0.494 e. The first-order valence-electron chi connectivity index (χ1n) is 6.62. The number of carbonyl (C=O) groups excluding carboxylic acids is 1. The molecule has 0 heterocycles. The lowest BCUT2D eigenvalue weighted by Gasteiger charge is -2.24. The molecule has 106 valence electrons. The van der Waals surface area contributed by atoms with Crippen molar-refractivity contribution in [3.63, 3.8) is 0 Å². The van der Waals surface area contributed by atoms with E-state index in [2.05, 4.69) is 13.8 Å². The van der Waals surface area contributed by atoms with E-state index in [1.54, 1.807) is 4.90 Å². The topological polar surface area (TPSA) is 29.5 Å². The number of benzene rings is 1. The number of alkyl halides is 1. The van der Waals surface area contributed by atoms with Gasteiger partial charge in [0.25, 0.3) is 0 Å². The molecule has 1 aromatic carbocycles. The zero-order valence-electron chi connectivity index (χ0n) is 11.9. The van der Waals surface area contributed by atoms with Crippen LogP contribution < -0.4 is 4.74 Å². The lowest BCUT2D eigenvalue weighted by molar-refractivity contribution is -0.129. The summed E-state index contributed by atoms with van der Waals surface area (Å²) in [7, 11) is 0. The van der Waals surface area contributed by atoms with E-state index in [1.807, 2.05) is 31.2 Å².